The van der Waals surface area contributed by atoms with Crippen molar-refractivity contribution in [2.24, 2.45) is 0 Å². The summed E-state index contributed by atoms with van der Waals surface area (Å²) in [5.74, 6) is 0.784. The van der Waals surface area contributed by atoms with Gasteiger partial charge in [-0.1, -0.05) is 60.3 Å². The van der Waals surface area contributed by atoms with Crippen LogP contribution in [0.2, 0.25) is 0 Å². The SMILES string of the molecule is Cc1[nH]c2ccccc2c1C(=O)[C@@H](C)Sc1n[nH]c(-c2ccccc2)n1. The van der Waals surface area contributed by atoms with Gasteiger partial charge in [0.05, 0.1) is 5.25 Å². The number of carbonyl (C=O) groups is 1. The molecule has 0 saturated carbocycles. The Kier molecular flexibility index (Phi) is 4.34. The quantitative estimate of drug-likeness (QED) is 0.401. The third-order valence-corrected chi connectivity index (χ3v) is 5.26. The minimum absolute atomic E-state index is 0.0796. The van der Waals surface area contributed by atoms with Crippen molar-refractivity contribution in [2.45, 2.75) is 24.3 Å². The van der Waals surface area contributed by atoms with Gasteiger partial charge in [-0.05, 0) is 19.9 Å². The Labute approximate surface area is 155 Å². The van der Waals surface area contributed by atoms with Crippen molar-refractivity contribution in [1.29, 1.82) is 0 Å². The second-order valence-corrected chi connectivity index (χ2v) is 7.44. The fraction of sp³-hybridized carbons (Fsp3) is 0.150. The van der Waals surface area contributed by atoms with Crippen LogP contribution in [0.25, 0.3) is 22.3 Å². The van der Waals surface area contributed by atoms with E-state index in [4.69, 9.17) is 0 Å². The first-order chi connectivity index (χ1) is 12.6. The molecule has 0 aliphatic carbocycles. The molecule has 0 bridgehead atoms. The van der Waals surface area contributed by atoms with E-state index >= 15 is 0 Å². The third kappa shape index (κ3) is 3.04. The molecular weight excluding hydrogens is 344 g/mol. The Balaban J connectivity index is 1.56. The van der Waals surface area contributed by atoms with Crippen LogP contribution in [0.3, 0.4) is 0 Å². The molecular formula is C20H18N4OS. The van der Waals surface area contributed by atoms with Crippen molar-refractivity contribution in [2.75, 3.05) is 0 Å². The van der Waals surface area contributed by atoms with Gasteiger partial charge in [0.15, 0.2) is 11.6 Å². The van der Waals surface area contributed by atoms with Crippen LogP contribution in [-0.2, 0) is 0 Å². The number of nitrogens with zero attached hydrogens (tertiary/aromatic N) is 2. The summed E-state index contributed by atoms with van der Waals surface area (Å²) in [5.41, 5.74) is 3.59. The van der Waals surface area contributed by atoms with Gasteiger partial charge in [-0.2, -0.15) is 0 Å². The van der Waals surface area contributed by atoms with Crippen molar-refractivity contribution in [3.05, 3.63) is 65.9 Å². The molecule has 2 N–H and O–H groups in total. The van der Waals surface area contributed by atoms with Gasteiger partial charge in [-0.25, -0.2) is 4.98 Å². The largest absolute Gasteiger partial charge is 0.358 e. The van der Waals surface area contributed by atoms with Crippen LogP contribution in [0.4, 0.5) is 0 Å². The van der Waals surface area contributed by atoms with Gasteiger partial charge in [0.1, 0.15) is 0 Å². The molecule has 4 rings (SSSR count). The van der Waals surface area contributed by atoms with E-state index in [-0.39, 0.29) is 11.0 Å². The van der Waals surface area contributed by atoms with E-state index in [0.29, 0.717) is 11.0 Å². The fourth-order valence-corrected chi connectivity index (χ4v) is 3.82. The molecule has 0 unspecified atom stereocenters. The summed E-state index contributed by atoms with van der Waals surface area (Å²) in [6, 6.07) is 17.7. The maximum absolute atomic E-state index is 13.0. The highest BCUT2D eigenvalue weighted by Gasteiger charge is 2.23. The molecule has 6 heteroatoms. The zero-order chi connectivity index (χ0) is 18.1. The molecule has 2 heterocycles. The monoisotopic (exact) mass is 362 g/mol. The maximum atomic E-state index is 13.0. The standard InChI is InChI=1S/C20H18N4OS/c1-12-17(15-10-6-7-11-16(15)21-12)18(25)13(2)26-20-22-19(23-24-20)14-8-4-3-5-9-14/h3-11,13,21H,1-2H3,(H,22,23,24)/t13-/m1/s1. The van der Waals surface area contributed by atoms with Gasteiger partial charge < -0.3 is 4.98 Å². The molecule has 4 aromatic rings. The van der Waals surface area contributed by atoms with Crippen LogP contribution >= 0.6 is 11.8 Å². The first-order valence-corrected chi connectivity index (χ1v) is 9.27. The molecule has 130 valence electrons. The Morgan fingerprint density at radius 1 is 1.08 bits per heavy atom. The molecule has 0 aliphatic heterocycles. The number of nitrogens with one attached hydrogen (secondary N) is 2. The molecule has 2 aromatic carbocycles. The fourth-order valence-electron chi connectivity index (χ4n) is 3.03. The zero-order valence-electron chi connectivity index (χ0n) is 14.5. The maximum Gasteiger partial charge on any atom is 0.209 e. The second-order valence-electron chi connectivity index (χ2n) is 6.13. The number of rotatable bonds is 5. The van der Waals surface area contributed by atoms with Gasteiger partial charge >= 0.3 is 0 Å². The van der Waals surface area contributed by atoms with Crippen LogP contribution in [0, 0.1) is 6.92 Å². The lowest BCUT2D eigenvalue weighted by Gasteiger charge is -2.08. The molecule has 0 radical (unpaired) electrons. The van der Waals surface area contributed by atoms with Crippen molar-refractivity contribution >= 4 is 28.4 Å². The highest BCUT2D eigenvalue weighted by molar-refractivity contribution is 8.00. The lowest BCUT2D eigenvalue weighted by atomic mass is 10.1. The molecule has 0 amide bonds. The van der Waals surface area contributed by atoms with E-state index in [9.17, 15) is 4.79 Å². The van der Waals surface area contributed by atoms with E-state index < -0.39 is 0 Å². The summed E-state index contributed by atoms with van der Waals surface area (Å²) in [6.45, 7) is 3.83. The number of fused-ring (bicyclic) bond motifs is 1. The molecule has 2 aromatic heterocycles. The minimum atomic E-state index is -0.285. The van der Waals surface area contributed by atoms with Crippen molar-refractivity contribution < 1.29 is 4.79 Å². The summed E-state index contributed by atoms with van der Waals surface area (Å²) >= 11 is 1.37. The molecule has 26 heavy (non-hydrogen) atoms. The smallest absolute Gasteiger partial charge is 0.209 e. The Bertz CT molecular complexity index is 1070. The van der Waals surface area contributed by atoms with Crippen LogP contribution in [0.15, 0.2) is 59.8 Å². The van der Waals surface area contributed by atoms with Gasteiger partial charge in [-0.15, -0.1) is 5.10 Å². The predicted octanol–water partition coefficient (Wildman–Crippen LogP) is 4.62. The number of Topliss-reactive ketones (excluding diaryl/α,β-unsaturated/α-hetero) is 1. The number of hydrogen-bond donors (Lipinski definition) is 2. The second kappa shape index (κ2) is 6.80. The zero-order valence-corrected chi connectivity index (χ0v) is 15.3. The van der Waals surface area contributed by atoms with E-state index in [1.807, 2.05) is 68.4 Å². The number of thioether (sulfide) groups is 1. The highest BCUT2D eigenvalue weighted by atomic mass is 32.2. The van der Waals surface area contributed by atoms with E-state index in [1.165, 1.54) is 11.8 Å². The first-order valence-electron chi connectivity index (χ1n) is 8.39. The minimum Gasteiger partial charge on any atom is -0.358 e. The number of aromatic nitrogens is 4. The number of hydrogen-bond acceptors (Lipinski definition) is 4. The normalized spacial score (nSPS) is 12.4. The number of ketones is 1. The Hall–Kier alpha value is -2.86. The number of benzene rings is 2. The Morgan fingerprint density at radius 2 is 1.81 bits per heavy atom. The van der Waals surface area contributed by atoms with Gasteiger partial charge in [0.25, 0.3) is 0 Å². The lowest BCUT2D eigenvalue weighted by Crippen LogP contribution is -2.14. The highest BCUT2D eigenvalue weighted by Crippen LogP contribution is 2.29. The van der Waals surface area contributed by atoms with Crippen LogP contribution < -0.4 is 0 Å². The number of aromatic amines is 2. The van der Waals surface area contributed by atoms with Crippen molar-refractivity contribution in [3.63, 3.8) is 0 Å². The van der Waals surface area contributed by atoms with Crippen LogP contribution in [0.5, 0.6) is 0 Å². The van der Waals surface area contributed by atoms with E-state index in [2.05, 4.69) is 20.2 Å². The summed E-state index contributed by atoms with van der Waals surface area (Å²) < 4.78 is 0. The van der Waals surface area contributed by atoms with Crippen molar-refractivity contribution in [1.82, 2.24) is 20.2 Å². The van der Waals surface area contributed by atoms with Crippen LogP contribution in [0.1, 0.15) is 23.0 Å². The topological polar surface area (TPSA) is 74.4 Å². The first kappa shape index (κ1) is 16.6. The average Bonchev–Trinajstić information content (AvgIpc) is 3.25. The van der Waals surface area contributed by atoms with Crippen LogP contribution in [-0.4, -0.2) is 31.2 Å². The molecule has 0 spiro atoms. The number of carbonyl (C=O) groups excluding carboxylic acids is 1. The summed E-state index contributed by atoms with van der Waals surface area (Å²) in [6.07, 6.45) is 0. The molecule has 0 fully saturated rings. The average molecular weight is 362 g/mol. The molecule has 1 atom stereocenters. The summed E-state index contributed by atoms with van der Waals surface area (Å²) in [5, 5.41) is 8.44. The third-order valence-electron chi connectivity index (χ3n) is 4.30. The van der Waals surface area contributed by atoms with Gasteiger partial charge in [0.2, 0.25) is 5.16 Å². The van der Waals surface area contributed by atoms with Crippen molar-refractivity contribution in [3.8, 4) is 11.4 Å². The summed E-state index contributed by atoms with van der Waals surface area (Å²) in [7, 11) is 0. The number of aryl methyl sites for hydroxylation is 1. The lowest BCUT2D eigenvalue weighted by molar-refractivity contribution is 0.0995. The molecule has 0 aliphatic rings. The van der Waals surface area contributed by atoms with Gasteiger partial charge in [0, 0.05) is 27.7 Å². The predicted molar refractivity (Wildman–Crippen MR) is 105 cm³/mol. The Morgan fingerprint density at radius 3 is 2.62 bits per heavy atom. The van der Waals surface area contributed by atoms with Gasteiger partial charge in [-0.3, -0.25) is 9.89 Å². The number of para-hydroxylation sites is 1. The molecule has 0 saturated heterocycles. The van der Waals surface area contributed by atoms with E-state index in [0.717, 1.165) is 27.7 Å². The summed E-state index contributed by atoms with van der Waals surface area (Å²) in [4.78, 5) is 20.8. The number of H-pyrrole nitrogens is 2. The molecule has 5 nitrogen and oxygen atoms in total. The van der Waals surface area contributed by atoms with E-state index in [1.54, 1.807) is 0 Å².